The molecule has 0 saturated carbocycles. The van der Waals surface area contributed by atoms with Crippen LogP contribution in [0.2, 0.25) is 0 Å². The lowest BCUT2D eigenvalue weighted by Crippen LogP contribution is -2.38. The zero-order valence-electron chi connectivity index (χ0n) is 14.2. The summed E-state index contributed by atoms with van der Waals surface area (Å²) < 4.78 is 0. The van der Waals surface area contributed by atoms with Crippen molar-refractivity contribution in [3.63, 3.8) is 0 Å². The molecule has 0 aliphatic rings. The molecule has 128 valence electrons. The van der Waals surface area contributed by atoms with Gasteiger partial charge in [-0.05, 0) is 35.2 Å². The van der Waals surface area contributed by atoms with E-state index in [1.807, 2.05) is 24.3 Å². The maximum Gasteiger partial charge on any atom is 0.269 e. The van der Waals surface area contributed by atoms with Gasteiger partial charge in [0, 0.05) is 44.2 Å². The molecule has 0 spiro atoms. The van der Waals surface area contributed by atoms with Crippen molar-refractivity contribution in [3.05, 3.63) is 70.0 Å². The van der Waals surface area contributed by atoms with Crippen molar-refractivity contribution in [3.8, 4) is 0 Å². The smallest absolute Gasteiger partial charge is 0.269 e. The first-order valence-corrected chi connectivity index (χ1v) is 7.94. The number of benzene rings is 1. The second kappa shape index (κ2) is 7.99. The molecule has 6 nitrogen and oxygen atoms in total. The molecule has 0 saturated heterocycles. The topological polar surface area (TPSA) is 85.3 Å². The summed E-state index contributed by atoms with van der Waals surface area (Å²) in [5, 5.41) is 10.8. The van der Waals surface area contributed by atoms with Crippen LogP contribution >= 0.6 is 0 Å². The SMILES string of the molecule is CC(C)(CN)CN(Cc1ccncc1)Cc1ccc([N+](=O)[O-])cc1. The van der Waals surface area contributed by atoms with Crippen LogP contribution in [0.1, 0.15) is 25.0 Å². The maximum absolute atomic E-state index is 10.8. The van der Waals surface area contributed by atoms with Crippen molar-refractivity contribution in [2.24, 2.45) is 11.1 Å². The molecule has 2 aromatic rings. The molecule has 0 aliphatic carbocycles. The molecule has 1 heterocycles. The Labute approximate surface area is 142 Å². The summed E-state index contributed by atoms with van der Waals surface area (Å²) in [5.41, 5.74) is 8.21. The predicted molar refractivity (Wildman–Crippen MR) is 94.3 cm³/mol. The van der Waals surface area contributed by atoms with E-state index in [-0.39, 0.29) is 16.0 Å². The molecule has 1 aromatic heterocycles. The lowest BCUT2D eigenvalue weighted by Gasteiger charge is -2.32. The van der Waals surface area contributed by atoms with Crippen molar-refractivity contribution < 1.29 is 4.92 Å². The first-order valence-electron chi connectivity index (χ1n) is 7.94. The van der Waals surface area contributed by atoms with Gasteiger partial charge >= 0.3 is 0 Å². The van der Waals surface area contributed by atoms with Crippen molar-refractivity contribution in [1.82, 2.24) is 9.88 Å². The number of pyridine rings is 1. The Kier molecular flexibility index (Phi) is 6.00. The number of nitrogens with zero attached hydrogens (tertiary/aromatic N) is 3. The Morgan fingerprint density at radius 3 is 2.12 bits per heavy atom. The van der Waals surface area contributed by atoms with Gasteiger partial charge in [0.25, 0.3) is 5.69 Å². The van der Waals surface area contributed by atoms with Crippen LogP contribution in [-0.2, 0) is 13.1 Å². The highest BCUT2D eigenvalue weighted by Crippen LogP contribution is 2.20. The van der Waals surface area contributed by atoms with E-state index < -0.39 is 0 Å². The minimum absolute atomic E-state index is 0.00614. The quantitative estimate of drug-likeness (QED) is 0.595. The summed E-state index contributed by atoms with van der Waals surface area (Å²) >= 11 is 0. The maximum atomic E-state index is 10.8. The Hall–Kier alpha value is -2.31. The van der Waals surface area contributed by atoms with Gasteiger partial charge in [-0.15, -0.1) is 0 Å². The summed E-state index contributed by atoms with van der Waals surface area (Å²) in [7, 11) is 0. The fourth-order valence-electron chi connectivity index (χ4n) is 2.57. The molecule has 1 aromatic carbocycles. The Bertz CT molecular complexity index is 656. The van der Waals surface area contributed by atoms with Gasteiger partial charge in [-0.25, -0.2) is 0 Å². The van der Waals surface area contributed by atoms with Crippen molar-refractivity contribution in [1.29, 1.82) is 0 Å². The minimum Gasteiger partial charge on any atom is -0.330 e. The van der Waals surface area contributed by atoms with Crippen LogP contribution in [0.25, 0.3) is 0 Å². The number of nitro groups is 1. The summed E-state index contributed by atoms with van der Waals surface area (Å²) in [6.07, 6.45) is 3.57. The van der Waals surface area contributed by atoms with Gasteiger partial charge in [-0.1, -0.05) is 26.0 Å². The van der Waals surface area contributed by atoms with Gasteiger partial charge in [0.2, 0.25) is 0 Å². The van der Waals surface area contributed by atoms with Gasteiger partial charge in [-0.2, -0.15) is 0 Å². The molecule has 0 aliphatic heterocycles. The van der Waals surface area contributed by atoms with Crippen molar-refractivity contribution in [2.45, 2.75) is 26.9 Å². The van der Waals surface area contributed by atoms with Crippen LogP contribution in [0, 0.1) is 15.5 Å². The fraction of sp³-hybridized carbons (Fsp3) is 0.389. The molecule has 2 rings (SSSR count). The van der Waals surface area contributed by atoms with Crippen LogP contribution in [0.4, 0.5) is 5.69 Å². The van der Waals surface area contributed by atoms with Crippen LogP contribution in [0.5, 0.6) is 0 Å². The summed E-state index contributed by atoms with van der Waals surface area (Å²) in [4.78, 5) is 16.8. The van der Waals surface area contributed by atoms with Crippen molar-refractivity contribution in [2.75, 3.05) is 13.1 Å². The van der Waals surface area contributed by atoms with E-state index in [4.69, 9.17) is 5.73 Å². The molecule has 2 N–H and O–H groups in total. The van der Waals surface area contributed by atoms with Gasteiger partial charge in [0.1, 0.15) is 0 Å². The number of aromatic nitrogens is 1. The van der Waals surface area contributed by atoms with Crippen LogP contribution in [0.3, 0.4) is 0 Å². The van der Waals surface area contributed by atoms with Gasteiger partial charge < -0.3 is 5.73 Å². The first kappa shape index (κ1) is 18.0. The molecule has 0 unspecified atom stereocenters. The average molecular weight is 328 g/mol. The molecule has 0 amide bonds. The first-order chi connectivity index (χ1) is 11.4. The highest BCUT2D eigenvalue weighted by molar-refractivity contribution is 5.32. The van der Waals surface area contributed by atoms with Gasteiger partial charge in [-0.3, -0.25) is 20.0 Å². The zero-order valence-corrected chi connectivity index (χ0v) is 14.2. The summed E-state index contributed by atoms with van der Waals surface area (Å²) in [6, 6.07) is 10.7. The fourth-order valence-corrected chi connectivity index (χ4v) is 2.57. The lowest BCUT2D eigenvalue weighted by atomic mass is 9.92. The molecular formula is C18H24N4O2. The largest absolute Gasteiger partial charge is 0.330 e. The zero-order chi connectivity index (χ0) is 17.6. The van der Waals surface area contributed by atoms with E-state index >= 15 is 0 Å². The molecule has 0 fully saturated rings. The average Bonchev–Trinajstić information content (AvgIpc) is 2.56. The third-order valence-corrected chi connectivity index (χ3v) is 3.91. The molecule has 0 atom stereocenters. The molecule has 24 heavy (non-hydrogen) atoms. The molecular weight excluding hydrogens is 304 g/mol. The summed E-state index contributed by atoms with van der Waals surface area (Å²) in [6.45, 7) is 7.21. The van der Waals surface area contributed by atoms with Crippen molar-refractivity contribution >= 4 is 5.69 Å². The monoisotopic (exact) mass is 328 g/mol. The van der Waals surface area contributed by atoms with Crippen LogP contribution in [-0.4, -0.2) is 27.9 Å². The van der Waals surface area contributed by atoms with E-state index in [0.717, 1.165) is 18.7 Å². The number of hydrogen-bond donors (Lipinski definition) is 1. The number of hydrogen-bond acceptors (Lipinski definition) is 5. The Morgan fingerprint density at radius 2 is 1.62 bits per heavy atom. The second-order valence-corrected chi connectivity index (χ2v) is 6.79. The lowest BCUT2D eigenvalue weighted by molar-refractivity contribution is -0.384. The highest BCUT2D eigenvalue weighted by Gasteiger charge is 2.21. The van der Waals surface area contributed by atoms with Gasteiger partial charge in [0.15, 0.2) is 0 Å². The van der Waals surface area contributed by atoms with Crippen LogP contribution in [0.15, 0.2) is 48.8 Å². The second-order valence-electron chi connectivity index (χ2n) is 6.79. The number of nitrogens with two attached hydrogens (primary N) is 1. The van der Waals surface area contributed by atoms with E-state index in [1.165, 1.54) is 5.56 Å². The normalized spacial score (nSPS) is 11.7. The molecule has 0 radical (unpaired) electrons. The third-order valence-electron chi connectivity index (χ3n) is 3.91. The van der Waals surface area contributed by atoms with E-state index in [1.54, 1.807) is 24.5 Å². The van der Waals surface area contributed by atoms with E-state index in [2.05, 4.69) is 23.7 Å². The Balaban J connectivity index is 2.13. The molecule has 0 bridgehead atoms. The number of rotatable bonds is 8. The van der Waals surface area contributed by atoms with E-state index in [0.29, 0.717) is 13.1 Å². The van der Waals surface area contributed by atoms with Gasteiger partial charge in [0.05, 0.1) is 4.92 Å². The number of non-ortho nitro benzene ring substituents is 1. The summed E-state index contributed by atoms with van der Waals surface area (Å²) in [5.74, 6) is 0. The molecule has 6 heteroatoms. The number of nitro benzene ring substituents is 1. The van der Waals surface area contributed by atoms with E-state index in [9.17, 15) is 10.1 Å². The standard InChI is InChI=1S/C18H24N4O2/c1-18(2,13-19)14-21(12-16-7-9-20-10-8-16)11-15-3-5-17(6-4-15)22(23)24/h3-10H,11-14,19H2,1-2H3. The predicted octanol–water partition coefficient (Wildman–Crippen LogP) is 2.98. The Morgan fingerprint density at radius 1 is 1.08 bits per heavy atom. The minimum atomic E-state index is -0.379. The highest BCUT2D eigenvalue weighted by atomic mass is 16.6. The third kappa shape index (κ3) is 5.40. The van der Waals surface area contributed by atoms with Crippen LogP contribution < -0.4 is 5.73 Å².